The summed E-state index contributed by atoms with van der Waals surface area (Å²) in [4.78, 5) is 12.5. The topological polar surface area (TPSA) is 47.6 Å². The first kappa shape index (κ1) is 18.0. The Morgan fingerprint density at radius 2 is 1.96 bits per heavy atom. The van der Waals surface area contributed by atoms with Crippen LogP contribution in [0.1, 0.15) is 35.3 Å². The minimum absolute atomic E-state index is 0.145. The Kier molecular flexibility index (Phi) is 6.38. The second-order valence-electron chi connectivity index (χ2n) is 6.26. The van der Waals surface area contributed by atoms with Gasteiger partial charge in [0.2, 0.25) is 0 Å². The summed E-state index contributed by atoms with van der Waals surface area (Å²) < 4.78 is 11.0. The molecule has 0 heterocycles. The lowest BCUT2D eigenvalue weighted by Crippen LogP contribution is -2.13. The fourth-order valence-electron chi connectivity index (χ4n) is 2.36. The van der Waals surface area contributed by atoms with E-state index in [0.717, 1.165) is 22.6 Å². The van der Waals surface area contributed by atoms with Crippen molar-refractivity contribution >= 4 is 11.6 Å². The molecule has 4 heteroatoms. The summed E-state index contributed by atoms with van der Waals surface area (Å²) in [7, 11) is 1.62. The van der Waals surface area contributed by atoms with Crippen LogP contribution in [0.3, 0.4) is 0 Å². The number of hydrogen-bond acceptors (Lipinski definition) is 3. The van der Waals surface area contributed by atoms with E-state index < -0.39 is 0 Å². The Hall–Kier alpha value is -2.33. The van der Waals surface area contributed by atoms with Crippen LogP contribution in [0.25, 0.3) is 0 Å². The zero-order valence-corrected chi connectivity index (χ0v) is 14.8. The predicted octanol–water partition coefficient (Wildman–Crippen LogP) is 4.43. The number of benzene rings is 2. The molecule has 0 fully saturated rings. The molecular formula is C20H25NO3. The lowest BCUT2D eigenvalue weighted by Gasteiger charge is -2.13. The van der Waals surface area contributed by atoms with Crippen molar-refractivity contribution in [3.8, 4) is 5.75 Å². The van der Waals surface area contributed by atoms with Crippen LogP contribution in [0.5, 0.6) is 5.75 Å². The maximum Gasteiger partial charge on any atom is 0.255 e. The average Bonchev–Trinajstić information content (AvgIpc) is 2.54. The van der Waals surface area contributed by atoms with Gasteiger partial charge < -0.3 is 14.8 Å². The van der Waals surface area contributed by atoms with Crippen molar-refractivity contribution in [3.63, 3.8) is 0 Å². The highest BCUT2D eigenvalue weighted by Gasteiger charge is 2.11. The van der Waals surface area contributed by atoms with E-state index in [-0.39, 0.29) is 5.91 Å². The third-order valence-electron chi connectivity index (χ3n) is 3.53. The van der Waals surface area contributed by atoms with Crippen molar-refractivity contribution in [2.45, 2.75) is 27.4 Å². The van der Waals surface area contributed by atoms with Crippen molar-refractivity contribution in [1.29, 1.82) is 0 Å². The Morgan fingerprint density at radius 1 is 1.17 bits per heavy atom. The summed E-state index contributed by atoms with van der Waals surface area (Å²) in [5.74, 6) is 1.04. The van der Waals surface area contributed by atoms with E-state index >= 15 is 0 Å². The Bertz CT molecular complexity index is 695. The number of anilines is 1. The van der Waals surface area contributed by atoms with E-state index in [2.05, 4.69) is 19.2 Å². The van der Waals surface area contributed by atoms with Crippen molar-refractivity contribution in [2.24, 2.45) is 5.92 Å². The van der Waals surface area contributed by atoms with Gasteiger partial charge in [0.15, 0.2) is 0 Å². The maximum atomic E-state index is 12.5. The van der Waals surface area contributed by atoms with Gasteiger partial charge in [-0.25, -0.2) is 0 Å². The second kappa shape index (κ2) is 8.50. The quantitative estimate of drug-likeness (QED) is 0.818. The highest BCUT2D eigenvalue weighted by atomic mass is 16.5. The van der Waals surface area contributed by atoms with Crippen LogP contribution in [-0.2, 0) is 11.3 Å². The lowest BCUT2D eigenvalue weighted by atomic mass is 10.1. The van der Waals surface area contributed by atoms with E-state index in [1.54, 1.807) is 19.2 Å². The van der Waals surface area contributed by atoms with Crippen molar-refractivity contribution in [3.05, 3.63) is 59.2 Å². The Labute approximate surface area is 143 Å². The Balaban J connectivity index is 2.12. The highest BCUT2D eigenvalue weighted by Crippen LogP contribution is 2.22. The van der Waals surface area contributed by atoms with E-state index in [0.29, 0.717) is 24.7 Å². The summed E-state index contributed by atoms with van der Waals surface area (Å²) in [6, 6.07) is 13.1. The van der Waals surface area contributed by atoms with Gasteiger partial charge in [0, 0.05) is 23.4 Å². The van der Waals surface area contributed by atoms with Crippen molar-refractivity contribution in [1.82, 2.24) is 0 Å². The zero-order chi connectivity index (χ0) is 17.5. The largest absolute Gasteiger partial charge is 0.496 e. The van der Waals surface area contributed by atoms with Crippen LogP contribution in [0, 0.1) is 12.8 Å². The standard InChI is InChI=1S/C20H25NO3/c1-14(2)12-24-13-17-11-16(8-9-19(17)23-4)20(22)21-18-7-5-6-15(3)10-18/h5-11,14H,12-13H2,1-4H3,(H,21,22). The minimum atomic E-state index is -0.145. The van der Waals surface area contributed by atoms with Crippen LogP contribution in [-0.4, -0.2) is 19.6 Å². The fraction of sp³-hybridized carbons (Fsp3) is 0.350. The SMILES string of the molecule is COc1ccc(C(=O)Nc2cccc(C)c2)cc1COCC(C)C. The molecule has 0 bridgehead atoms. The van der Waals surface area contributed by atoms with Gasteiger partial charge in [-0.15, -0.1) is 0 Å². The Morgan fingerprint density at radius 3 is 2.62 bits per heavy atom. The molecule has 2 aromatic rings. The predicted molar refractivity (Wildman–Crippen MR) is 96.6 cm³/mol. The third-order valence-corrected chi connectivity index (χ3v) is 3.53. The molecule has 128 valence electrons. The normalized spacial score (nSPS) is 10.7. The number of rotatable bonds is 7. The molecule has 2 aromatic carbocycles. The van der Waals surface area contributed by atoms with Gasteiger partial charge in [-0.1, -0.05) is 26.0 Å². The van der Waals surface area contributed by atoms with Crippen LogP contribution >= 0.6 is 0 Å². The number of nitrogens with one attached hydrogen (secondary N) is 1. The molecule has 0 radical (unpaired) electrons. The van der Waals surface area contributed by atoms with Gasteiger partial charge in [0.25, 0.3) is 5.91 Å². The lowest BCUT2D eigenvalue weighted by molar-refractivity contribution is 0.0952. The van der Waals surface area contributed by atoms with Crippen LogP contribution in [0.2, 0.25) is 0 Å². The molecule has 0 aliphatic rings. The molecule has 0 unspecified atom stereocenters. The minimum Gasteiger partial charge on any atom is -0.496 e. The molecule has 24 heavy (non-hydrogen) atoms. The second-order valence-corrected chi connectivity index (χ2v) is 6.26. The molecule has 0 saturated heterocycles. The fourth-order valence-corrected chi connectivity index (χ4v) is 2.36. The van der Waals surface area contributed by atoms with Gasteiger partial charge in [0.05, 0.1) is 13.7 Å². The molecule has 2 rings (SSSR count). The molecule has 0 atom stereocenters. The van der Waals surface area contributed by atoms with Gasteiger partial charge in [0.1, 0.15) is 5.75 Å². The van der Waals surface area contributed by atoms with Gasteiger partial charge >= 0.3 is 0 Å². The summed E-state index contributed by atoms with van der Waals surface area (Å²) in [6.45, 7) is 7.29. The highest BCUT2D eigenvalue weighted by molar-refractivity contribution is 6.04. The summed E-state index contributed by atoms with van der Waals surface area (Å²) in [5, 5.41) is 2.92. The molecular weight excluding hydrogens is 302 g/mol. The zero-order valence-electron chi connectivity index (χ0n) is 14.8. The molecule has 0 aromatic heterocycles. The summed E-state index contributed by atoms with van der Waals surface area (Å²) in [6.07, 6.45) is 0. The third kappa shape index (κ3) is 5.10. The number of carbonyl (C=O) groups is 1. The number of aryl methyl sites for hydroxylation is 1. The molecule has 0 saturated carbocycles. The average molecular weight is 327 g/mol. The van der Waals surface area contributed by atoms with Crippen LogP contribution < -0.4 is 10.1 Å². The number of amides is 1. The van der Waals surface area contributed by atoms with E-state index in [1.807, 2.05) is 37.3 Å². The van der Waals surface area contributed by atoms with Gasteiger partial charge in [-0.2, -0.15) is 0 Å². The maximum absolute atomic E-state index is 12.5. The van der Waals surface area contributed by atoms with Crippen LogP contribution in [0.4, 0.5) is 5.69 Å². The molecule has 4 nitrogen and oxygen atoms in total. The summed E-state index contributed by atoms with van der Waals surface area (Å²) in [5.41, 5.74) is 3.34. The van der Waals surface area contributed by atoms with Gasteiger partial charge in [-0.3, -0.25) is 4.79 Å². The first-order valence-electron chi connectivity index (χ1n) is 8.12. The first-order valence-corrected chi connectivity index (χ1v) is 8.12. The molecule has 0 spiro atoms. The van der Waals surface area contributed by atoms with Crippen LogP contribution in [0.15, 0.2) is 42.5 Å². The molecule has 1 amide bonds. The number of hydrogen-bond donors (Lipinski definition) is 1. The number of ether oxygens (including phenoxy) is 2. The molecule has 0 aliphatic heterocycles. The van der Waals surface area contributed by atoms with E-state index in [9.17, 15) is 4.79 Å². The summed E-state index contributed by atoms with van der Waals surface area (Å²) >= 11 is 0. The number of methoxy groups -OCH3 is 1. The van der Waals surface area contributed by atoms with E-state index in [4.69, 9.17) is 9.47 Å². The monoisotopic (exact) mass is 327 g/mol. The van der Waals surface area contributed by atoms with Gasteiger partial charge in [-0.05, 0) is 48.7 Å². The first-order chi connectivity index (χ1) is 11.5. The van der Waals surface area contributed by atoms with E-state index in [1.165, 1.54) is 0 Å². The smallest absolute Gasteiger partial charge is 0.255 e. The van der Waals surface area contributed by atoms with Crippen molar-refractivity contribution < 1.29 is 14.3 Å². The molecule has 1 N–H and O–H groups in total. The van der Waals surface area contributed by atoms with Crippen molar-refractivity contribution in [2.75, 3.05) is 19.0 Å². The molecule has 0 aliphatic carbocycles. The number of carbonyl (C=O) groups excluding carboxylic acids is 1.